The zero-order valence-corrected chi connectivity index (χ0v) is 21.6. The lowest BCUT2D eigenvalue weighted by Crippen LogP contribution is -2.45. The highest BCUT2D eigenvalue weighted by molar-refractivity contribution is 14.0. The molecule has 3 heterocycles. The zero-order valence-electron chi connectivity index (χ0n) is 19.3. The van der Waals surface area contributed by atoms with Crippen molar-refractivity contribution in [2.24, 2.45) is 4.99 Å². The summed E-state index contributed by atoms with van der Waals surface area (Å²) >= 11 is 0. The van der Waals surface area contributed by atoms with Gasteiger partial charge in [-0.15, -0.1) is 24.0 Å². The van der Waals surface area contributed by atoms with Crippen LogP contribution < -0.4 is 15.5 Å². The van der Waals surface area contributed by atoms with Gasteiger partial charge in [0.05, 0.1) is 17.9 Å². The van der Waals surface area contributed by atoms with Crippen molar-refractivity contribution in [2.45, 2.75) is 59.4 Å². The average Bonchev–Trinajstić information content (AvgIpc) is 3.04. The molecule has 0 aromatic carbocycles. The highest BCUT2D eigenvalue weighted by atomic mass is 127. The second-order valence-corrected chi connectivity index (χ2v) is 8.04. The van der Waals surface area contributed by atoms with Crippen LogP contribution in [0.2, 0.25) is 0 Å². The Kier molecular flexibility index (Phi) is 10.0. The van der Waals surface area contributed by atoms with Crippen LogP contribution in [0, 0.1) is 13.8 Å². The molecule has 1 saturated heterocycles. The predicted molar refractivity (Wildman–Crippen MR) is 136 cm³/mol. The van der Waals surface area contributed by atoms with Crippen molar-refractivity contribution in [3.8, 4) is 0 Å². The number of anilines is 1. The summed E-state index contributed by atoms with van der Waals surface area (Å²) in [5, 5.41) is 11.2. The van der Waals surface area contributed by atoms with E-state index in [0.717, 1.165) is 55.6 Å². The first kappa shape index (κ1) is 25.4. The van der Waals surface area contributed by atoms with Gasteiger partial charge in [0.1, 0.15) is 5.82 Å². The van der Waals surface area contributed by atoms with Gasteiger partial charge in [-0.3, -0.25) is 9.67 Å². The van der Waals surface area contributed by atoms with Crippen LogP contribution in [0.1, 0.15) is 37.2 Å². The van der Waals surface area contributed by atoms with Crippen LogP contribution in [0.25, 0.3) is 0 Å². The van der Waals surface area contributed by atoms with Crippen molar-refractivity contribution in [3.05, 3.63) is 41.3 Å². The van der Waals surface area contributed by atoms with Crippen molar-refractivity contribution in [3.63, 3.8) is 0 Å². The first-order valence-corrected chi connectivity index (χ1v) is 10.8. The summed E-state index contributed by atoms with van der Waals surface area (Å²) in [6, 6.07) is 6.32. The summed E-state index contributed by atoms with van der Waals surface area (Å²) in [5.41, 5.74) is 3.39. The Morgan fingerprint density at radius 2 is 1.94 bits per heavy atom. The lowest BCUT2D eigenvalue weighted by atomic mass is 10.2. The Balaban J connectivity index is 0.00000341. The zero-order chi connectivity index (χ0) is 21.5. The van der Waals surface area contributed by atoms with E-state index in [1.54, 1.807) is 7.05 Å². The Labute approximate surface area is 202 Å². The molecule has 0 saturated carbocycles. The summed E-state index contributed by atoms with van der Waals surface area (Å²) in [7, 11) is 1.79. The maximum atomic E-state index is 5.81. The molecule has 172 valence electrons. The molecule has 3 rings (SSSR count). The molecule has 0 aliphatic carbocycles. The lowest BCUT2D eigenvalue weighted by Gasteiger charge is -2.36. The van der Waals surface area contributed by atoms with E-state index in [4.69, 9.17) is 4.74 Å². The third-order valence-electron chi connectivity index (χ3n) is 5.18. The molecule has 31 heavy (non-hydrogen) atoms. The number of hydrogen-bond donors (Lipinski definition) is 2. The van der Waals surface area contributed by atoms with Gasteiger partial charge in [-0.2, -0.15) is 5.10 Å². The Bertz CT molecular complexity index is 827. The molecule has 0 amide bonds. The second kappa shape index (κ2) is 12.2. The van der Waals surface area contributed by atoms with Crippen LogP contribution in [0.3, 0.4) is 0 Å². The minimum atomic E-state index is 0. The molecule has 9 heteroatoms. The molecule has 1 fully saturated rings. The summed E-state index contributed by atoms with van der Waals surface area (Å²) in [4.78, 5) is 11.3. The number of halogens is 1. The van der Waals surface area contributed by atoms with Gasteiger partial charge in [-0.25, -0.2) is 4.98 Å². The van der Waals surface area contributed by atoms with Crippen molar-refractivity contribution < 1.29 is 4.74 Å². The van der Waals surface area contributed by atoms with Crippen LogP contribution >= 0.6 is 24.0 Å². The highest BCUT2D eigenvalue weighted by Crippen LogP contribution is 2.18. The fraction of sp³-hybridized carbons (Fsp3) is 0.591. The molecule has 8 nitrogen and oxygen atoms in total. The number of morpholine rings is 1. The van der Waals surface area contributed by atoms with E-state index in [9.17, 15) is 0 Å². The van der Waals surface area contributed by atoms with E-state index in [1.165, 1.54) is 5.69 Å². The molecule has 1 aliphatic heterocycles. The molecule has 2 unspecified atom stereocenters. The van der Waals surface area contributed by atoms with Crippen LogP contribution in [-0.2, 0) is 17.8 Å². The van der Waals surface area contributed by atoms with Crippen LogP contribution in [0.15, 0.2) is 29.4 Å². The van der Waals surface area contributed by atoms with E-state index < -0.39 is 0 Å². The average molecular weight is 541 g/mol. The SMILES string of the molecule is CN=C(NCCCn1nc(C)cc1C)NCc1ccc(N2CC(C)OC(C)C2)nc1.I. The summed E-state index contributed by atoms with van der Waals surface area (Å²) < 4.78 is 7.86. The van der Waals surface area contributed by atoms with Gasteiger partial charge < -0.3 is 20.3 Å². The molecule has 0 spiro atoms. The summed E-state index contributed by atoms with van der Waals surface area (Å²) in [5.74, 6) is 1.80. The van der Waals surface area contributed by atoms with Gasteiger partial charge in [-0.1, -0.05) is 6.07 Å². The van der Waals surface area contributed by atoms with E-state index in [2.05, 4.69) is 74.3 Å². The molecule has 1 aliphatic rings. The smallest absolute Gasteiger partial charge is 0.191 e. The van der Waals surface area contributed by atoms with Gasteiger partial charge in [-0.05, 0) is 51.8 Å². The lowest BCUT2D eigenvalue weighted by molar-refractivity contribution is -0.00545. The van der Waals surface area contributed by atoms with Crippen LogP contribution in [0.5, 0.6) is 0 Å². The number of ether oxygens (including phenoxy) is 1. The van der Waals surface area contributed by atoms with Gasteiger partial charge in [0.25, 0.3) is 0 Å². The minimum Gasteiger partial charge on any atom is -0.372 e. The van der Waals surface area contributed by atoms with E-state index >= 15 is 0 Å². The largest absolute Gasteiger partial charge is 0.372 e. The molecular formula is C22H36IN7O. The Morgan fingerprint density at radius 1 is 1.19 bits per heavy atom. The minimum absolute atomic E-state index is 0. The van der Waals surface area contributed by atoms with E-state index in [-0.39, 0.29) is 36.2 Å². The number of aliphatic imine (C=N–C) groups is 1. The first-order chi connectivity index (χ1) is 14.4. The maximum absolute atomic E-state index is 5.81. The third kappa shape index (κ3) is 7.64. The molecule has 2 N–H and O–H groups in total. The van der Waals surface area contributed by atoms with Crippen LogP contribution in [-0.4, -0.2) is 59.6 Å². The topological polar surface area (TPSA) is 79.6 Å². The molecule has 2 atom stereocenters. The standard InChI is InChI=1S/C22H35N7O.HI/c1-16-11-17(2)29(27-16)10-6-9-24-22(23-5)26-13-20-7-8-21(25-12-20)28-14-18(3)30-19(4)15-28;/h7-8,11-12,18-19H,6,9-10,13-15H2,1-5H3,(H2,23,24,26);1H. The first-order valence-electron chi connectivity index (χ1n) is 10.8. The fourth-order valence-electron chi connectivity index (χ4n) is 3.82. The van der Waals surface area contributed by atoms with Crippen molar-refractivity contribution in [2.75, 3.05) is 31.6 Å². The van der Waals surface area contributed by atoms with Crippen LogP contribution in [0.4, 0.5) is 5.82 Å². The van der Waals surface area contributed by atoms with Crippen molar-refractivity contribution >= 4 is 35.8 Å². The number of guanidine groups is 1. The predicted octanol–water partition coefficient (Wildman–Crippen LogP) is 2.88. The summed E-state index contributed by atoms with van der Waals surface area (Å²) in [6.45, 7) is 12.5. The number of nitrogens with one attached hydrogen (secondary N) is 2. The number of rotatable bonds is 7. The molecule has 0 bridgehead atoms. The molecular weight excluding hydrogens is 505 g/mol. The number of pyridine rings is 1. The normalized spacial score (nSPS) is 19.1. The molecule has 0 radical (unpaired) electrons. The fourth-order valence-corrected chi connectivity index (χ4v) is 3.82. The van der Waals surface area contributed by atoms with E-state index in [0.29, 0.717) is 6.54 Å². The summed E-state index contributed by atoms with van der Waals surface area (Å²) in [6.07, 6.45) is 3.37. The number of nitrogens with zero attached hydrogens (tertiary/aromatic N) is 5. The monoisotopic (exact) mass is 541 g/mol. The van der Waals surface area contributed by atoms with E-state index in [1.807, 2.05) is 13.1 Å². The number of aromatic nitrogens is 3. The quantitative estimate of drug-likeness (QED) is 0.243. The van der Waals surface area contributed by atoms with Crippen molar-refractivity contribution in [1.29, 1.82) is 0 Å². The van der Waals surface area contributed by atoms with Gasteiger partial charge in [0.2, 0.25) is 0 Å². The van der Waals surface area contributed by atoms with Crippen molar-refractivity contribution in [1.82, 2.24) is 25.4 Å². The second-order valence-electron chi connectivity index (χ2n) is 8.04. The Morgan fingerprint density at radius 3 is 2.52 bits per heavy atom. The maximum Gasteiger partial charge on any atom is 0.191 e. The van der Waals surface area contributed by atoms with Gasteiger partial charge in [0, 0.05) is 51.7 Å². The molecule has 2 aromatic rings. The van der Waals surface area contributed by atoms with Gasteiger partial charge >= 0.3 is 0 Å². The highest BCUT2D eigenvalue weighted by Gasteiger charge is 2.22. The Hall–Kier alpha value is -1.88. The number of aryl methyl sites for hydroxylation is 3. The van der Waals surface area contributed by atoms with Gasteiger partial charge in [0.15, 0.2) is 5.96 Å². The molecule has 2 aromatic heterocycles. The third-order valence-corrected chi connectivity index (χ3v) is 5.18. The number of hydrogen-bond acceptors (Lipinski definition) is 5.